The zero-order chi connectivity index (χ0) is 17.4. The summed E-state index contributed by atoms with van der Waals surface area (Å²) in [6.45, 7) is 5.14. The molecule has 0 saturated carbocycles. The Balaban J connectivity index is 1.86. The predicted octanol–water partition coefficient (Wildman–Crippen LogP) is 0.918. The molecule has 1 aromatic rings. The lowest BCUT2D eigenvalue weighted by atomic mass is 10.0. The molecule has 7 nitrogen and oxygen atoms in total. The highest BCUT2D eigenvalue weighted by atomic mass is 16.5. The Morgan fingerprint density at radius 1 is 1.58 bits per heavy atom. The van der Waals surface area contributed by atoms with Crippen molar-refractivity contribution in [3.63, 3.8) is 0 Å². The zero-order valence-electron chi connectivity index (χ0n) is 14.9. The fraction of sp³-hybridized carbons (Fsp3) is 0.706. The molecular formula is C17H29N5O2. The van der Waals surface area contributed by atoms with Gasteiger partial charge in [-0.25, -0.2) is 0 Å². The Morgan fingerprint density at radius 2 is 2.42 bits per heavy atom. The van der Waals surface area contributed by atoms with Crippen LogP contribution < -0.4 is 10.2 Å². The van der Waals surface area contributed by atoms with Crippen molar-refractivity contribution >= 4 is 11.7 Å². The molecule has 1 aliphatic rings. The van der Waals surface area contributed by atoms with Gasteiger partial charge >= 0.3 is 0 Å². The van der Waals surface area contributed by atoms with Crippen molar-refractivity contribution < 1.29 is 9.53 Å². The molecular weight excluding hydrogens is 306 g/mol. The molecule has 1 fully saturated rings. The van der Waals surface area contributed by atoms with E-state index >= 15 is 0 Å². The van der Waals surface area contributed by atoms with Gasteiger partial charge in [0.15, 0.2) is 5.82 Å². The molecule has 1 saturated heterocycles. The van der Waals surface area contributed by atoms with Crippen LogP contribution in [0, 0.1) is 0 Å². The van der Waals surface area contributed by atoms with Crippen molar-refractivity contribution in [1.82, 2.24) is 20.4 Å². The smallest absolute Gasteiger partial charge is 0.237 e. The Kier molecular flexibility index (Phi) is 7.39. The molecule has 0 aliphatic carbocycles. The maximum Gasteiger partial charge on any atom is 0.237 e. The molecule has 1 aliphatic heterocycles. The Hall–Kier alpha value is -1.73. The first-order valence-corrected chi connectivity index (χ1v) is 8.64. The molecule has 2 heterocycles. The molecule has 2 unspecified atom stereocenters. The van der Waals surface area contributed by atoms with Gasteiger partial charge in [0.1, 0.15) is 0 Å². The molecule has 2 rings (SSSR count). The van der Waals surface area contributed by atoms with E-state index in [9.17, 15) is 4.79 Å². The van der Waals surface area contributed by atoms with Crippen molar-refractivity contribution in [2.45, 2.75) is 38.3 Å². The monoisotopic (exact) mass is 335 g/mol. The van der Waals surface area contributed by atoms with Crippen LogP contribution in [0.15, 0.2) is 18.3 Å². The largest absolute Gasteiger partial charge is 0.385 e. The van der Waals surface area contributed by atoms with E-state index in [0.717, 1.165) is 38.2 Å². The summed E-state index contributed by atoms with van der Waals surface area (Å²) in [5.41, 5.74) is 0. The third-order valence-electron chi connectivity index (χ3n) is 4.67. The van der Waals surface area contributed by atoms with Gasteiger partial charge < -0.3 is 15.0 Å². The number of carbonyl (C=O) groups excluding carboxylic acids is 1. The average molecular weight is 335 g/mol. The van der Waals surface area contributed by atoms with Crippen molar-refractivity contribution in [1.29, 1.82) is 0 Å². The summed E-state index contributed by atoms with van der Waals surface area (Å²) < 4.78 is 5.00. The molecule has 0 spiro atoms. The Labute approximate surface area is 144 Å². The lowest BCUT2D eigenvalue weighted by Crippen LogP contribution is -2.53. The maximum absolute atomic E-state index is 12.3. The molecule has 24 heavy (non-hydrogen) atoms. The lowest BCUT2D eigenvalue weighted by Gasteiger charge is -2.40. The number of likely N-dealkylation sites (N-methyl/N-ethyl adjacent to an activating group) is 1. The minimum absolute atomic E-state index is 0.0743. The third-order valence-corrected chi connectivity index (χ3v) is 4.67. The van der Waals surface area contributed by atoms with Crippen molar-refractivity contribution in [3.05, 3.63) is 18.3 Å². The van der Waals surface area contributed by atoms with Gasteiger partial charge in [0, 0.05) is 45.6 Å². The summed E-state index contributed by atoms with van der Waals surface area (Å²) in [6, 6.07) is 4.08. The summed E-state index contributed by atoms with van der Waals surface area (Å²) in [4.78, 5) is 16.7. The summed E-state index contributed by atoms with van der Waals surface area (Å²) >= 11 is 0. The predicted molar refractivity (Wildman–Crippen MR) is 94.0 cm³/mol. The molecule has 0 aromatic carbocycles. The van der Waals surface area contributed by atoms with Crippen LogP contribution in [0.4, 0.5) is 5.82 Å². The Bertz CT molecular complexity index is 499. The molecule has 2 atom stereocenters. The second kappa shape index (κ2) is 9.54. The molecule has 0 bridgehead atoms. The number of rotatable bonds is 8. The molecule has 7 heteroatoms. The number of hydrogen-bond donors (Lipinski definition) is 1. The van der Waals surface area contributed by atoms with Crippen molar-refractivity contribution in [2.75, 3.05) is 45.3 Å². The fourth-order valence-electron chi connectivity index (χ4n) is 3.03. The summed E-state index contributed by atoms with van der Waals surface area (Å²) in [6.07, 6.45) is 4.71. The first kappa shape index (κ1) is 18.6. The van der Waals surface area contributed by atoms with E-state index in [1.165, 1.54) is 0 Å². The van der Waals surface area contributed by atoms with E-state index in [-0.39, 0.29) is 11.9 Å². The molecule has 1 N–H and O–H groups in total. The van der Waals surface area contributed by atoms with Crippen LogP contribution in [-0.4, -0.2) is 73.5 Å². The quantitative estimate of drug-likeness (QED) is 0.713. The minimum atomic E-state index is -0.153. The van der Waals surface area contributed by atoms with E-state index in [1.54, 1.807) is 13.3 Å². The number of nitrogens with zero attached hydrogens (tertiary/aromatic N) is 4. The van der Waals surface area contributed by atoms with Gasteiger partial charge in [-0.1, -0.05) is 0 Å². The zero-order valence-corrected chi connectivity index (χ0v) is 14.9. The van der Waals surface area contributed by atoms with Crippen molar-refractivity contribution in [2.24, 2.45) is 0 Å². The fourth-order valence-corrected chi connectivity index (χ4v) is 3.03. The van der Waals surface area contributed by atoms with Gasteiger partial charge in [-0.15, -0.1) is 5.10 Å². The standard InChI is InChI=1S/C17H29N5O2/c1-14(17(23)18-9-6-12-24-3)21(2)15-7-5-11-22(13-15)16-8-4-10-19-20-16/h4,8,10,14-15H,5-7,9,11-13H2,1-3H3,(H,18,23). The van der Waals surface area contributed by atoms with Gasteiger partial charge in [0.2, 0.25) is 5.91 Å². The first-order valence-electron chi connectivity index (χ1n) is 8.64. The van der Waals surface area contributed by atoms with E-state index in [1.807, 2.05) is 26.1 Å². The highest BCUT2D eigenvalue weighted by Gasteiger charge is 2.29. The van der Waals surface area contributed by atoms with Gasteiger partial charge in [0.05, 0.1) is 6.04 Å². The number of anilines is 1. The number of methoxy groups -OCH3 is 1. The summed E-state index contributed by atoms with van der Waals surface area (Å²) in [5.74, 6) is 0.984. The third kappa shape index (κ3) is 5.14. The van der Waals surface area contributed by atoms with Gasteiger partial charge in [-0.2, -0.15) is 5.10 Å². The van der Waals surface area contributed by atoms with Crippen LogP contribution in [0.25, 0.3) is 0 Å². The second-order valence-electron chi connectivity index (χ2n) is 6.30. The van der Waals surface area contributed by atoms with E-state index in [2.05, 4.69) is 25.3 Å². The maximum atomic E-state index is 12.3. The SMILES string of the molecule is COCCCNC(=O)C(C)N(C)C1CCCN(c2cccnn2)C1. The van der Waals surface area contributed by atoms with Crippen LogP contribution in [0.3, 0.4) is 0 Å². The molecule has 0 radical (unpaired) electrons. The van der Waals surface area contributed by atoms with Crippen LogP contribution in [0.5, 0.6) is 0 Å². The second-order valence-corrected chi connectivity index (χ2v) is 6.30. The molecule has 1 amide bonds. The normalized spacial score (nSPS) is 19.3. The van der Waals surface area contributed by atoms with Crippen LogP contribution in [0.2, 0.25) is 0 Å². The number of nitrogens with one attached hydrogen (secondary N) is 1. The lowest BCUT2D eigenvalue weighted by molar-refractivity contribution is -0.126. The molecule has 1 aromatic heterocycles. The topological polar surface area (TPSA) is 70.6 Å². The van der Waals surface area contributed by atoms with E-state index < -0.39 is 0 Å². The number of piperidine rings is 1. The van der Waals surface area contributed by atoms with Gasteiger partial charge in [-0.3, -0.25) is 9.69 Å². The summed E-state index contributed by atoms with van der Waals surface area (Å²) in [7, 11) is 3.70. The van der Waals surface area contributed by atoms with Crippen LogP contribution in [0.1, 0.15) is 26.2 Å². The number of ether oxygens (including phenoxy) is 1. The first-order chi connectivity index (χ1) is 11.6. The number of hydrogen-bond acceptors (Lipinski definition) is 6. The van der Waals surface area contributed by atoms with Crippen molar-refractivity contribution in [3.8, 4) is 0 Å². The highest BCUT2D eigenvalue weighted by molar-refractivity contribution is 5.81. The average Bonchev–Trinajstić information content (AvgIpc) is 2.64. The van der Waals surface area contributed by atoms with Crippen LogP contribution in [-0.2, 0) is 9.53 Å². The van der Waals surface area contributed by atoms with Gasteiger partial charge in [-0.05, 0) is 45.4 Å². The van der Waals surface area contributed by atoms with E-state index in [4.69, 9.17) is 4.74 Å². The minimum Gasteiger partial charge on any atom is -0.385 e. The molecule has 134 valence electrons. The Morgan fingerprint density at radius 3 is 3.12 bits per heavy atom. The van der Waals surface area contributed by atoms with Gasteiger partial charge in [0.25, 0.3) is 0 Å². The number of aromatic nitrogens is 2. The summed E-state index contributed by atoms with van der Waals surface area (Å²) in [5, 5.41) is 11.1. The number of amides is 1. The van der Waals surface area contributed by atoms with Crippen LogP contribution >= 0.6 is 0 Å². The van der Waals surface area contributed by atoms with E-state index in [0.29, 0.717) is 19.2 Å². The number of carbonyl (C=O) groups is 1. The highest BCUT2D eigenvalue weighted by Crippen LogP contribution is 2.20.